The van der Waals surface area contributed by atoms with Crippen molar-refractivity contribution in [1.29, 1.82) is 0 Å². The van der Waals surface area contributed by atoms with Crippen LogP contribution in [0.3, 0.4) is 0 Å². The van der Waals surface area contributed by atoms with Crippen LogP contribution in [-0.2, 0) is 14.3 Å². The Hall–Kier alpha value is -1.39. The minimum Gasteiger partial charge on any atom is -0.495 e. The van der Waals surface area contributed by atoms with Crippen molar-refractivity contribution in [3.05, 3.63) is 24.5 Å². The zero-order valence-electron chi connectivity index (χ0n) is 9.68. The van der Waals surface area contributed by atoms with E-state index in [1.165, 1.54) is 13.8 Å². The minimum atomic E-state index is -3.41. The molecule has 0 aromatic heterocycles. The van der Waals surface area contributed by atoms with Gasteiger partial charge in [0.2, 0.25) is 0 Å². The topological polar surface area (TPSA) is 35.5 Å². The van der Waals surface area contributed by atoms with E-state index in [2.05, 4.69) is 22.6 Å². The van der Waals surface area contributed by atoms with Gasteiger partial charge in [-0.1, -0.05) is 20.1 Å². The average Bonchev–Trinajstić information content (AvgIpc) is 2.23. The molecule has 0 saturated carbocycles. The number of rotatable bonds is 6. The summed E-state index contributed by atoms with van der Waals surface area (Å²) in [7, 11) is 1.09. The van der Waals surface area contributed by atoms with Crippen LogP contribution >= 0.6 is 0 Å². The molecule has 0 aromatic rings. The zero-order chi connectivity index (χ0) is 12.9. The molecule has 0 rings (SSSR count). The lowest BCUT2D eigenvalue weighted by atomic mass is 10.1. The van der Waals surface area contributed by atoms with Crippen LogP contribution in [0, 0.1) is 0 Å². The van der Waals surface area contributed by atoms with Gasteiger partial charge in [-0.25, -0.2) is 4.79 Å². The third-order valence-electron chi connectivity index (χ3n) is 1.99. The molecule has 5 heteroatoms. The van der Waals surface area contributed by atoms with Gasteiger partial charge in [0, 0.05) is 5.57 Å². The van der Waals surface area contributed by atoms with Crippen molar-refractivity contribution in [2.75, 3.05) is 7.11 Å². The summed E-state index contributed by atoms with van der Waals surface area (Å²) in [6.07, 6.45) is -1.64. The first kappa shape index (κ1) is 14.6. The third kappa shape index (κ3) is 3.32. The van der Waals surface area contributed by atoms with E-state index in [-0.39, 0.29) is 12.0 Å². The fourth-order valence-corrected chi connectivity index (χ4v) is 0.959. The molecule has 0 fully saturated rings. The van der Waals surface area contributed by atoms with E-state index < -0.39 is 23.8 Å². The van der Waals surface area contributed by atoms with Gasteiger partial charge in [0.05, 0.1) is 7.11 Å². The number of hydrogen-bond acceptors (Lipinski definition) is 3. The average molecular weight is 234 g/mol. The predicted octanol–water partition coefficient (Wildman–Crippen LogP) is 2.68. The maximum atomic E-state index is 13.6. The molecule has 0 aliphatic carbocycles. The predicted molar refractivity (Wildman–Crippen MR) is 56.1 cm³/mol. The van der Waals surface area contributed by atoms with Crippen molar-refractivity contribution in [3.8, 4) is 0 Å². The van der Waals surface area contributed by atoms with Crippen LogP contribution in [0.5, 0.6) is 0 Å². The quantitative estimate of drug-likeness (QED) is 0.402. The van der Waals surface area contributed by atoms with E-state index in [1.807, 2.05) is 0 Å². The SMILES string of the molecule is C=C(C)C(=O)OC(CC)C(F)(F)C(=C)OC. The molecular weight excluding hydrogens is 218 g/mol. The van der Waals surface area contributed by atoms with Gasteiger partial charge in [-0.3, -0.25) is 0 Å². The molecule has 0 amide bonds. The highest BCUT2D eigenvalue weighted by Gasteiger charge is 2.45. The first-order valence-corrected chi connectivity index (χ1v) is 4.75. The maximum Gasteiger partial charge on any atom is 0.339 e. The lowest BCUT2D eigenvalue weighted by Gasteiger charge is -2.26. The number of halogens is 2. The molecule has 3 nitrogen and oxygen atoms in total. The van der Waals surface area contributed by atoms with E-state index in [1.54, 1.807) is 0 Å². The van der Waals surface area contributed by atoms with Crippen molar-refractivity contribution >= 4 is 5.97 Å². The second-order valence-corrected chi connectivity index (χ2v) is 3.33. The second kappa shape index (κ2) is 5.63. The highest BCUT2D eigenvalue weighted by Crippen LogP contribution is 2.31. The van der Waals surface area contributed by atoms with E-state index in [9.17, 15) is 13.6 Å². The van der Waals surface area contributed by atoms with Crippen LogP contribution in [0.15, 0.2) is 24.5 Å². The number of hydrogen-bond donors (Lipinski definition) is 0. The number of alkyl halides is 2. The minimum absolute atomic E-state index is 0.0472. The van der Waals surface area contributed by atoms with Gasteiger partial charge < -0.3 is 9.47 Å². The van der Waals surface area contributed by atoms with Crippen LogP contribution in [0.1, 0.15) is 20.3 Å². The fraction of sp³-hybridized carbons (Fsp3) is 0.545. The Bertz CT molecular complexity index is 298. The molecule has 0 aromatic carbocycles. The van der Waals surface area contributed by atoms with Crippen LogP contribution in [0.2, 0.25) is 0 Å². The van der Waals surface area contributed by atoms with E-state index >= 15 is 0 Å². The van der Waals surface area contributed by atoms with Gasteiger partial charge in [0.15, 0.2) is 11.9 Å². The highest BCUT2D eigenvalue weighted by molar-refractivity contribution is 5.87. The monoisotopic (exact) mass is 234 g/mol. The molecule has 0 aliphatic rings. The Balaban J connectivity index is 4.79. The molecular formula is C11H16F2O3. The summed E-state index contributed by atoms with van der Waals surface area (Å²) >= 11 is 0. The Morgan fingerprint density at radius 1 is 1.44 bits per heavy atom. The molecule has 0 saturated heterocycles. The van der Waals surface area contributed by atoms with Gasteiger partial charge in [-0.2, -0.15) is 8.78 Å². The largest absolute Gasteiger partial charge is 0.495 e. The Morgan fingerprint density at radius 3 is 2.25 bits per heavy atom. The molecule has 0 heterocycles. The molecule has 0 N–H and O–H groups in total. The summed E-state index contributed by atoms with van der Waals surface area (Å²) in [6.45, 7) is 9.26. The van der Waals surface area contributed by atoms with E-state index in [4.69, 9.17) is 0 Å². The van der Waals surface area contributed by atoms with Gasteiger partial charge >= 0.3 is 11.9 Å². The van der Waals surface area contributed by atoms with Crippen molar-refractivity contribution < 1.29 is 23.0 Å². The van der Waals surface area contributed by atoms with Gasteiger partial charge in [-0.05, 0) is 13.3 Å². The van der Waals surface area contributed by atoms with Crippen LogP contribution in [-0.4, -0.2) is 25.1 Å². The molecule has 92 valence electrons. The molecule has 1 atom stereocenters. The molecule has 0 bridgehead atoms. The summed E-state index contributed by atoms with van der Waals surface area (Å²) in [4.78, 5) is 11.1. The first-order valence-electron chi connectivity index (χ1n) is 4.75. The molecule has 1 unspecified atom stereocenters. The number of esters is 1. The maximum absolute atomic E-state index is 13.6. The Labute approximate surface area is 93.7 Å². The van der Waals surface area contributed by atoms with Gasteiger partial charge in [0.1, 0.15) is 0 Å². The molecule has 0 aliphatic heterocycles. The smallest absolute Gasteiger partial charge is 0.339 e. The third-order valence-corrected chi connectivity index (χ3v) is 1.99. The molecule has 16 heavy (non-hydrogen) atoms. The first-order chi connectivity index (χ1) is 7.27. The van der Waals surface area contributed by atoms with Crippen molar-refractivity contribution in [2.24, 2.45) is 0 Å². The number of ether oxygens (including phenoxy) is 2. The molecule has 0 radical (unpaired) electrons. The number of methoxy groups -OCH3 is 1. The van der Waals surface area contributed by atoms with Crippen LogP contribution in [0.4, 0.5) is 8.78 Å². The second-order valence-electron chi connectivity index (χ2n) is 3.33. The summed E-state index contributed by atoms with van der Waals surface area (Å²) in [5.41, 5.74) is 0.0669. The normalized spacial score (nSPS) is 12.8. The van der Waals surface area contributed by atoms with Crippen LogP contribution in [0.25, 0.3) is 0 Å². The summed E-state index contributed by atoms with van der Waals surface area (Å²) in [6, 6.07) is 0. The fourth-order valence-electron chi connectivity index (χ4n) is 0.959. The Kier molecular flexibility index (Phi) is 5.14. The van der Waals surface area contributed by atoms with Gasteiger partial charge in [0.25, 0.3) is 0 Å². The lowest BCUT2D eigenvalue weighted by Crippen LogP contribution is -2.39. The summed E-state index contributed by atoms with van der Waals surface area (Å²) < 4.78 is 36.2. The lowest BCUT2D eigenvalue weighted by molar-refractivity contribution is -0.168. The number of carbonyl (C=O) groups is 1. The van der Waals surface area contributed by atoms with Crippen LogP contribution < -0.4 is 0 Å². The van der Waals surface area contributed by atoms with E-state index in [0.29, 0.717) is 0 Å². The zero-order valence-corrected chi connectivity index (χ0v) is 9.68. The van der Waals surface area contributed by atoms with Crippen molar-refractivity contribution in [1.82, 2.24) is 0 Å². The number of carbonyl (C=O) groups excluding carboxylic acids is 1. The van der Waals surface area contributed by atoms with Gasteiger partial charge in [-0.15, -0.1) is 0 Å². The summed E-state index contributed by atoms with van der Waals surface area (Å²) in [5.74, 6) is -4.99. The standard InChI is InChI=1S/C11H16F2O3/c1-6-9(16-10(14)7(2)3)11(12,13)8(4)15-5/h9H,2,4,6H2,1,3,5H3. The van der Waals surface area contributed by atoms with E-state index in [0.717, 1.165) is 7.11 Å². The van der Waals surface area contributed by atoms with Crippen molar-refractivity contribution in [2.45, 2.75) is 32.3 Å². The molecule has 0 spiro atoms. The highest BCUT2D eigenvalue weighted by atomic mass is 19.3. The van der Waals surface area contributed by atoms with Crippen molar-refractivity contribution in [3.63, 3.8) is 0 Å². The Morgan fingerprint density at radius 2 is 1.94 bits per heavy atom. The summed E-state index contributed by atoms with van der Waals surface area (Å²) in [5, 5.41) is 0.